The average molecular weight is 768 g/mol. The Morgan fingerprint density at radius 3 is 1.00 bits per heavy atom. The average Bonchev–Trinajstić information content (AvgIpc) is 2.48. The molecule has 2 rings (SSSR count). The van der Waals surface area contributed by atoms with Crippen molar-refractivity contribution in [2.45, 2.75) is 26.7 Å². The molecule has 2 heterocycles. The first kappa shape index (κ1) is 45.1. The van der Waals surface area contributed by atoms with Gasteiger partial charge in [-0.15, -0.1) is 0 Å². The quantitative estimate of drug-likeness (QED) is 0.386. The SMILES string of the molecule is Cc1ccncc1.Cc1ccncc1.N.N.[Cl-].[Cl-].[NH-]CCCC[NH-].[Pt+2].[Pt+2]. The van der Waals surface area contributed by atoms with Gasteiger partial charge in [-0.25, -0.2) is 0 Å². The number of nitrogens with zero attached hydrogens (tertiary/aromatic N) is 2. The van der Waals surface area contributed by atoms with Crippen LogP contribution in [0, 0.1) is 13.8 Å². The Hall–Kier alpha value is 0.0966. The van der Waals surface area contributed by atoms with E-state index in [1.807, 2.05) is 38.1 Å². The predicted octanol–water partition coefficient (Wildman–Crippen LogP) is -1.02. The molecule has 0 atom stereocenters. The van der Waals surface area contributed by atoms with Crippen molar-refractivity contribution in [1.29, 1.82) is 0 Å². The number of hydrogen-bond donors (Lipinski definition) is 2. The second-order valence-electron chi connectivity index (χ2n) is 4.26. The van der Waals surface area contributed by atoms with Crippen LogP contribution in [0.3, 0.4) is 0 Å². The Morgan fingerprint density at radius 2 is 0.885 bits per heavy atom. The monoisotopic (exact) mass is 766 g/mol. The molecule has 0 saturated carbocycles. The molecule has 6 nitrogen and oxygen atoms in total. The zero-order valence-corrected chi connectivity index (χ0v) is 21.2. The summed E-state index contributed by atoms with van der Waals surface area (Å²) in [5, 5.41) is 0. The summed E-state index contributed by atoms with van der Waals surface area (Å²) in [5.41, 5.74) is 15.8. The van der Waals surface area contributed by atoms with Crippen LogP contribution in [0.25, 0.3) is 11.5 Å². The molecule has 2 aromatic heterocycles. The van der Waals surface area contributed by atoms with Crippen LogP contribution in [0.4, 0.5) is 0 Å². The maximum atomic E-state index is 6.62. The third-order valence-electron chi connectivity index (χ3n) is 2.30. The number of aromatic nitrogens is 2. The van der Waals surface area contributed by atoms with Crippen LogP contribution >= 0.6 is 0 Å². The Kier molecular flexibility index (Phi) is 62.5. The Balaban J connectivity index is -0.0000000375. The predicted molar refractivity (Wildman–Crippen MR) is 95.6 cm³/mol. The van der Waals surface area contributed by atoms with Crippen molar-refractivity contribution in [3.05, 3.63) is 71.6 Å². The van der Waals surface area contributed by atoms with Gasteiger partial charge < -0.3 is 48.6 Å². The molecule has 0 radical (unpaired) electrons. The summed E-state index contributed by atoms with van der Waals surface area (Å²) in [5.74, 6) is 0. The molecule has 10 heteroatoms. The van der Waals surface area contributed by atoms with Gasteiger partial charge in [-0.05, 0) is 49.2 Å². The van der Waals surface area contributed by atoms with Gasteiger partial charge in [0.15, 0.2) is 0 Å². The molecular formula is C16H30Cl2N6Pt2. The zero-order chi connectivity index (χ0) is 15.1. The third-order valence-corrected chi connectivity index (χ3v) is 2.30. The van der Waals surface area contributed by atoms with Crippen LogP contribution in [-0.2, 0) is 42.1 Å². The summed E-state index contributed by atoms with van der Waals surface area (Å²) in [4.78, 5) is 7.69. The second-order valence-corrected chi connectivity index (χ2v) is 4.26. The van der Waals surface area contributed by atoms with E-state index in [4.69, 9.17) is 11.5 Å². The molecule has 0 bridgehead atoms. The number of halogens is 2. The van der Waals surface area contributed by atoms with Crippen LogP contribution in [0.1, 0.15) is 24.0 Å². The maximum Gasteiger partial charge on any atom is 2.00 e. The van der Waals surface area contributed by atoms with E-state index in [9.17, 15) is 0 Å². The summed E-state index contributed by atoms with van der Waals surface area (Å²) < 4.78 is 0. The molecule has 0 aliphatic carbocycles. The smallest absolute Gasteiger partial charge is 1.00 e. The van der Waals surface area contributed by atoms with E-state index in [-0.39, 0.29) is 79.2 Å². The molecule has 0 unspecified atom stereocenters. The van der Waals surface area contributed by atoms with E-state index in [1.165, 1.54) is 11.1 Å². The van der Waals surface area contributed by atoms with Crippen LogP contribution < -0.4 is 37.1 Å². The Morgan fingerprint density at radius 1 is 0.654 bits per heavy atom. The van der Waals surface area contributed by atoms with E-state index in [0.29, 0.717) is 13.1 Å². The van der Waals surface area contributed by atoms with E-state index >= 15 is 0 Å². The van der Waals surface area contributed by atoms with Crippen molar-refractivity contribution in [2.24, 2.45) is 0 Å². The molecular weight excluding hydrogens is 737 g/mol. The summed E-state index contributed by atoms with van der Waals surface area (Å²) in [6.45, 7) is 5.06. The number of pyridine rings is 2. The van der Waals surface area contributed by atoms with Crippen molar-refractivity contribution in [2.75, 3.05) is 13.1 Å². The molecule has 158 valence electrons. The van der Waals surface area contributed by atoms with E-state index in [2.05, 4.69) is 9.97 Å². The van der Waals surface area contributed by atoms with E-state index in [0.717, 1.165) is 12.8 Å². The number of aryl methyl sites for hydroxylation is 2. The van der Waals surface area contributed by atoms with Crippen LogP contribution in [0.5, 0.6) is 0 Å². The van der Waals surface area contributed by atoms with Gasteiger partial charge in [0.25, 0.3) is 0 Å². The first-order valence-corrected chi connectivity index (χ1v) is 6.73. The topological polar surface area (TPSA) is 143 Å². The fraction of sp³-hybridized carbons (Fsp3) is 0.375. The van der Waals surface area contributed by atoms with Crippen LogP contribution in [0.15, 0.2) is 49.1 Å². The molecule has 0 fully saturated rings. The van der Waals surface area contributed by atoms with Gasteiger partial charge in [0.1, 0.15) is 0 Å². The minimum Gasteiger partial charge on any atom is -1.00 e. The number of unbranched alkanes of at least 4 members (excludes halogenated alkanes) is 1. The molecule has 8 N–H and O–H groups in total. The van der Waals surface area contributed by atoms with Crippen LogP contribution in [-0.4, -0.2) is 23.1 Å². The first-order valence-electron chi connectivity index (χ1n) is 6.73. The molecule has 0 aromatic carbocycles. The van der Waals surface area contributed by atoms with Crippen molar-refractivity contribution >= 4 is 0 Å². The minimum atomic E-state index is 0. The molecule has 2 aromatic rings. The van der Waals surface area contributed by atoms with Crippen molar-refractivity contribution in [1.82, 2.24) is 22.3 Å². The van der Waals surface area contributed by atoms with Crippen molar-refractivity contribution < 1.29 is 66.9 Å². The maximum absolute atomic E-state index is 6.62. The standard InChI is InChI=1S/2C6H7N.C4H10N2.2ClH.2H3N.2Pt/c2*1-6-2-4-7-5-3-6;5-3-1-2-4-6;;;;;;/h2*2-5H,1H3;5-6H,1-4H2;2*1H;2*1H3;;/q;;-2;;;;;2*+2/p-2. The minimum absolute atomic E-state index is 0. The largest absolute Gasteiger partial charge is 2.00 e. The summed E-state index contributed by atoms with van der Waals surface area (Å²) >= 11 is 0. The van der Waals surface area contributed by atoms with Gasteiger partial charge in [-0.2, -0.15) is 13.1 Å². The molecule has 0 amide bonds. The second kappa shape index (κ2) is 36.1. The summed E-state index contributed by atoms with van der Waals surface area (Å²) in [7, 11) is 0. The molecule has 0 aliphatic heterocycles. The van der Waals surface area contributed by atoms with E-state index < -0.39 is 0 Å². The summed E-state index contributed by atoms with van der Waals surface area (Å²) in [6, 6.07) is 7.89. The molecule has 0 spiro atoms. The number of hydrogen-bond acceptors (Lipinski definition) is 4. The Labute approximate surface area is 199 Å². The van der Waals surface area contributed by atoms with Gasteiger partial charge in [-0.3, -0.25) is 9.97 Å². The van der Waals surface area contributed by atoms with Gasteiger partial charge in [-0.1, -0.05) is 12.8 Å². The Bertz CT molecular complexity index is 386. The van der Waals surface area contributed by atoms with Crippen molar-refractivity contribution in [3.63, 3.8) is 0 Å². The molecule has 26 heavy (non-hydrogen) atoms. The van der Waals surface area contributed by atoms with Crippen LogP contribution in [0.2, 0.25) is 0 Å². The summed E-state index contributed by atoms with van der Waals surface area (Å²) in [6.07, 6.45) is 8.93. The number of nitrogens with one attached hydrogen (secondary N) is 2. The molecule has 0 saturated heterocycles. The molecule has 0 aliphatic rings. The van der Waals surface area contributed by atoms with Gasteiger partial charge in [0.05, 0.1) is 0 Å². The number of rotatable bonds is 3. The zero-order valence-electron chi connectivity index (χ0n) is 15.1. The fourth-order valence-corrected chi connectivity index (χ4v) is 1.10. The van der Waals surface area contributed by atoms with Gasteiger partial charge in [0, 0.05) is 24.8 Å². The van der Waals surface area contributed by atoms with Gasteiger partial charge >= 0.3 is 42.1 Å². The fourth-order valence-electron chi connectivity index (χ4n) is 1.10. The third kappa shape index (κ3) is 35.2. The normalized spacial score (nSPS) is 6.77. The van der Waals surface area contributed by atoms with E-state index in [1.54, 1.807) is 24.8 Å². The first-order chi connectivity index (χ1) is 9.70. The van der Waals surface area contributed by atoms with Crippen molar-refractivity contribution in [3.8, 4) is 0 Å². The van der Waals surface area contributed by atoms with Gasteiger partial charge in [0.2, 0.25) is 0 Å².